The Bertz CT molecular complexity index is 4000. The van der Waals surface area contributed by atoms with Gasteiger partial charge in [-0.3, -0.25) is 0 Å². The number of benzene rings is 9. The average Bonchev–Trinajstić information content (AvgIpc) is 3.89. The second-order valence-electron chi connectivity index (χ2n) is 24.2. The fourth-order valence-electron chi connectivity index (χ4n) is 14.0. The summed E-state index contributed by atoms with van der Waals surface area (Å²) < 4.78 is 2.64. The third-order valence-corrected chi connectivity index (χ3v) is 18.1. The summed E-state index contributed by atoms with van der Waals surface area (Å²) in [5.74, 6) is 0. The van der Waals surface area contributed by atoms with Gasteiger partial charge in [0.05, 0.1) is 5.52 Å². The number of fused-ring (bicyclic) bond motifs is 13. The zero-order valence-electron chi connectivity index (χ0n) is 43.0. The first-order chi connectivity index (χ1) is 34.0. The van der Waals surface area contributed by atoms with E-state index in [4.69, 9.17) is 0 Å². The third-order valence-electron chi connectivity index (χ3n) is 18.1. The van der Waals surface area contributed by atoms with Crippen molar-refractivity contribution in [3.05, 3.63) is 196 Å². The number of nitrogens with zero attached hydrogens (tertiary/aromatic N) is 1. The first-order valence-corrected chi connectivity index (χ1v) is 26.1. The Balaban J connectivity index is 1.12. The number of rotatable bonds is 4. The van der Waals surface area contributed by atoms with Gasteiger partial charge in [0, 0.05) is 49.7 Å². The molecule has 9 aromatic carbocycles. The smallest absolute Gasteiger partial charge is 0.198 e. The van der Waals surface area contributed by atoms with Crippen LogP contribution in [0.1, 0.15) is 113 Å². The fourth-order valence-corrected chi connectivity index (χ4v) is 14.0. The minimum absolute atomic E-state index is 0.0994. The topological polar surface area (TPSA) is 17.0 Å². The van der Waals surface area contributed by atoms with Crippen LogP contribution in [0.5, 0.6) is 0 Å². The molecule has 71 heavy (non-hydrogen) atoms. The van der Waals surface area contributed by atoms with Gasteiger partial charge in [0.15, 0.2) is 7.28 Å². The lowest BCUT2D eigenvalue weighted by Gasteiger charge is -2.42. The molecule has 2 nitrogen and oxygen atoms in total. The lowest BCUT2D eigenvalue weighted by molar-refractivity contribution is 0.331. The van der Waals surface area contributed by atoms with Gasteiger partial charge in [0.2, 0.25) is 0 Å². The molecule has 0 fully saturated rings. The number of aryl methyl sites for hydroxylation is 2. The zero-order chi connectivity index (χ0) is 48.7. The molecule has 4 aliphatic rings. The quantitative estimate of drug-likeness (QED) is 0.174. The fraction of sp³-hybridized carbons (Fsp3) is 0.235. The SMILES string of the molecule is Cc1ccc(Nc2cc3c(cc2-c2cc(-c4ccc5c(c4)C(C)(C)c4ccccc4-5)c4c5cc6ccccc6cc5n5c4c2Bc2cc(C)ccc2-5)-c2cc4c(cc2C3(C)C)C(C)(C)CCC4(C)C)cc1. The highest BCUT2D eigenvalue weighted by atomic mass is 15.0. The minimum Gasteiger partial charge on any atom is -0.355 e. The van der Waals surface area contributed by atoms with Gasteiger partial charge < -0.3 is 9.88 Å². The largest absolute Gasteiger partial charge is 0.355 e. The van der Waals surface area contributed by atoms with Gasteiger partial charge in [-0.1, -0.05) is 163 Å². The van der Waals surface area contributed by atoms with E-state index in [1.54, 1.807) is 0 Å². The van der Waals surface area contributed by atoms with Gasteiger partial charge >= 0.3 is 0 Å². The molecule has 1 N–H and O–H groups in total. The van der Waals surface area contributed by atoms with Crippen molar-refractivity contribution in [2.24, 2.45) is 0 Å². The van der Waals surface area contributed by atoms with Gasteiger partial charge in [-0.2, -0.15) is 0 Å². The second kappa shape index (κ2) is 14.3. The molecule has 0 saturated heterocycles. The predicted molar refractivity (Wildman–Crippen MR) is 305 cm³/mol. The normalized spacial score (nSPS) is 16.8. The molecular formula is C68H61BN2. The second-order valence-corrected chi connectivity index (χ2v) is 24.2. The molecule has 14 rings (SSSR count). The first kappa shape index (κ1) is 42.8. The van der Waals surface area contributed by atoms with Crippen LogP contribution < -0.4 is 16.2 Å². The molecule has 0 bridgehead atoms. The zero-order valence-corrected chi connectivity index (χ0v) is 43.0. The van der Waals surface area contributed by atoms with Gasteiger partial charge in [-0.25, -0.2) is 0 Å². The Labute approximate surface area is 420 Å². The van der Waals surface area contributed by atoms with Gasteiger partial charge in [0.1, 0.15) is 0 Å². The Kier molecular flexibility index (Phi) is 8.60. The van der Waals surface area contributed by atoms with E-state index in [0.29, 0.717) is 0 Å². The van der Waals surface area contributed by atoms with Gasteiger partial charge in [-0.15, -0.1) is 0 Å². The van der Waals surface area contributed by atoms with Crippen LogP contribution in [-0.4, -0.2) is 11.8 Å². The molecule has 1 aromatic heterocycles. The Morgan fingerprint density at radius 3 is 1.86 bits per heavy atom. The van der Waals surface area contributed by atoms with E-state index >= 15 is 0 Å². The maximum absolute atomic E-state index is 4.09. The molecule has 3 aliphatic carbocycles. The first-order valence-electron chi connectivity index (χ1n) is 26.1. The number of anilines is 2. The van der Waals surface area contributed by atoms with Crippen LogP contribution in [0.3, 0.4) is 0 Å². The highest BCUT2D eigenvalue weighted by Crippen LogP contribution is 2.57. The van der Waals surface area contributed by atoms with Crippen molar-refractivity contribution in [1.82, 2.24) is 4.57 Å². The molecule has 0 spiro atoms. The van der Waals surface area contributed by atoms with Crippen LogP contribution in [0, 0.1) is 13.8 Å². The Morgan fingerprint density at radius 1 is 0.465 bits per heavy atom. The molecule has 0 atom stereocenters. The molecule has 0 saturated carbocycles. The molecule has 346 valence electrons. The number of hydrogen-bond acceptors (Lipinski definition) is 1. The van der Waals surface area contributed by atoms with Crippen molar-refractivity contribution in [3.63, 3.8) is 0 Å². The van der Waals surface area contributed by atoms with E-state index in [2.05, 4.69) is 231 Å². The summed E-state index contributed by atoms with van der Waals surface area (Å²) in [4.78, 5) is 0. The molecule has 0 radical (unpaired) electrons. The van der Waals surface area contributed by atoms with E-state index in [0.717, 1.165) is 18.7 Å². The van der Waals surface area contributed by atoms with E-state index in [9.17, 15) is 0 Å². The Hall–Kier alpha value is -7.10. The molecular weight excluding hydrogens is 856 g/mol. The molecule has 0 unspecified atom stereocenters. The number of aromatic nitrogens is 1. The van der Waals surface area contributed by atoms with Crippen molar-refractivity contribution in [3.8, 4) is 50.2 Å². The van der Waals surface area contributed by atoms with E-state index in [-0.39, 0.29) is 21.7 Å². The maximum Gasteiger partial charge on any atom is 0.198 e. The molecule has 2 heterocycles. The third kappa shape index (κ3) is 5.96. The average molecular weight is 917 g/mol. The lowest BCUT2D eigenvalue weighted by atomic mass is 9.58. The summed E-state index contributed by atoms with van der Waals surface area (Å²) in [5, 5.41) is 9.25. The van der Waals surface area contributed by atoms with E-state index < -0.39 is 0 Å². The van der Waals surface area contributed by atoms with Crippen LogP contribution >= 0.6 is 0 Å². The molecule has 1 aliphatic heterocycles. The Morgan fingerprint density at radius 2 is 1.08 bits per heavy atom. The van der Waals surface area contributed by atoms with Crippen molar-refractivity contribution < 1.29 is 0 Å². The summed E-state index contributed by atoms with van der Waals surface area (Å²) in [5.41, 5.74) is 30.5. The van der Waals surface area contributed by atoms with E-state index in [1.807, 2.05) is 0 Å². The standard InChI is InChI=1S/C68H61BN2/c1-38-19-23-43(24-20-38)70-59-37-55-47(48-35-56-57(36-54(48)68(55,9)10)66(5,6)28-27-65(56,3)4)34-49(59)50-33-46(42-22-25-45-44-17-13-14-18-52(44)67(7,8)53(45)31-42)62-51-30-40-15-11-12-16-41(40)32-61(51)71-60-26-21-39(2)29-58(60)69-63(50)64(62)71/h11-26,29-37,69-70H,27-28H2,1-10H3. The van der Waals surface area contributed by atoms with Gasteiger partial charge in [-0.05, 0) is 187 Å². The van der Waals surface area contributed by atoms with Crippen molar-refractivity contribution in [2.75, 3.05) is 5.32 Å². The molecule has 3 heteroatoms. The number of hydrogen-bond donors (Lipinski definition) is 1. The van der Waals surface area contributed by atoms with Crippen molar-refractivity contribution in [1.29, 1.82) is 0 Å². The van der Waals surface area contributed by atoms with Crippen LogP contribution in [0.4, 0.5) is 11.4 Å². The van der Waals surface area contributed by atoms with Crippen molar-refractivity contribution >= 4 is 62.2 Å². The number of nitrogens with one attached hydrogen (secondary N) is 1. The highest BCUT2D eigenvalue weighted by Gasteiger charge is 2.44. The van der Waals surface area contributed by atoms with Crippen LogP contribution in [0.2, 0.25) is 0 Å². The maximum atomic E-state index is 4.09. The molecule has 0 amide bonds. The molecule has 10 aromatic rings. The van der Waals surface area contributed by atoms with Gasteiger partial charge in [0.25, 0.3) is 0 Å². The van der Waals surface area contributed by atoms with Crippen LogP contribution in [0.15, 0.2) is 152 Å². The summed E-state index contributed by atoms with van der Waals surface area (Å²) >= 11 is 0. The van der Waals surface area contributed by atoms with E-state index in [1.165, 1.54) is 151 Å². The monoisotopic (exact) mass is 916 g/mol. The summed E-state index contributed by atoms with van der Waals surface area (Å²) in [6.45, 7) is 24.0. The minimum atomic E-state index is -0.192. The lowest BCUT2D eigenvalue weighted by Crippen LogP contribution is -2.37. The summed E-state index contributed by atoms with van der Waals surface area (Å²) in [6.07, 6.45) is 2.39. The summed E-state index contributed by atoms with van der Waals surface area (Å²) in [6, 6.07) is 59.3. The predicted octanol–water partition coefficient (Wildman–Crippen LogP) is 16.3. The van der Waals surface area contributed by atoms with Crippen LogP contribution in [0.25, 0.3) is 82.8 Å². The summed E-state index contributed by atoms with van der Waals surface area (Å²) in [7, 11) is 0.839. The van der Waals surface area contributed by atoms with Crippen molar-refractivity contribution in [2.45, 2.75) is 104 Å². The van der Waals surface area contributed by atoms with Crippen LogP contribution in [-0.2, 0) is 21.7 Å². The highest BCUT2D eigenvalue weighted by molar-refractivity contribution is 6.73.